The average molecular weight is 532 g/mol. The summed E-state index contributed by atoms with van der Waals surface area (Å²) in [7, 11) is 0. The molecule has 38 heavy (non-hydrogen) atoms. The van der Waals surface area contributed by atoms with Crippen LogP contribution < -0.4 is 5.32 Å². The molecule has 0 spiro atoms. The number of amides is 1. The molecule has 190 valence electrons. The minimum Gasteiger partial charge on any atom is -0.480 e. The van der Waals surface area contributed by atoms with Crippen LogP contribution in [0.2, 0.25) is 5.02 Å². The zero-order chi connectivity index (χ0) is 26.4. The van der Waals surface area contributed by atoms with Gasteiger partial charge in [-0.1, -0.05) is 41.9 Å². The summed E-state index contributed by atoms with van der Waals surface area (Å²) in [6.07, 6.45) is -0.434. The maximum absolute atomic E-state index is 12.8. The number of hydrogen-bond acceptors (Lipinski definition) is 8. The van der Waals surface area contributed by atoms with Crippen molar-refractivity contribution in [2.75, 3.05) is 5.32 Å². The van der Waals surface area contributed by atoms with Gasteiger partial charge >= 0.3 is 12.1 Å². The topological polar surface area (TPSA) is 141 Å². The number of anilines is 1. The van der Waals surface area contributed by atoms with Crippen LogP contribution >= 0.6 is 11.6 Å². The lowest BCUT2D eigenvalue weighted by Gasteiger charge is -2.15. The normalized spacial score (nSPS) is 14.6. The summed E-state index contributed by atoms with van der Waals surface area (Å²) in [6, 6.07) is 14.2. The lowest BCUT2D eigenvalue weighted by Crippen LogP contribution is -2.19. The second-order valence-corrected chi connectivity index (χ2v) is 9.19. The van der Waals surface area contributed by atoms with E-state index < -0.39 is 23.6 Å². The fourth-order valence-electron chi connectivity index (χ4n) is 4.07. The molecule has 0 aliphatic heterocycles. The molecule has 3 heterocycles. The van der Waals surface area contributed by atoms with Gasteiger partial charge < -0.3 is 23.1 Å². The number of carbonyl (C=O) groups excluding carboxylic acids is 1. The Kier molecular flexibility index (Phi) is 5.58. The second-order valence-electron chi connectivity index (χ2n) is 8.78. The van der Waals surface area contributed by atoms with E-state index in [1.54, 1.807) is 49.4 Å². The Balaban J connectivity index is 1.26. The van der Waals surface area contributed by atoms with Gasteiger partial charge in [0.2, 0.25) is 11.7 Å². The molecule has 0 bridgehead atoms. The number of rotatable bonds is 5. The molecule has 3 aromatic heterocycles. The van der Waals surface area contributed by atoms with Gasteiger partial charge in [-0.05, 0) is 43.9 Å². The lowest BCUT2D eigenvalue weighted by molar-refractivity contribution is -0.140. The van der Waals surface area contributed by atoms with Gasteiger partial charge in [0, 0.05) is 21.9 Å². The Morgan fingerprint density at radius 1 is 1.05 bits per heavy atom. The van der Waals surface area contributed by atoms with Crippen LogP contribution in [0.3, 0.4) is 0 Å². The number of oxazole rings is 2. The van der Waals surface area contributed by atoms with Crippen molar-refractivity contribution in [1.82, 2.24) is 9.97 Å². The Hall–Kier alpha value is -4.75. The van der Waals surface area contributed by atoms with E-state index in [-0.39, 0.29) is 29.0 Å². The molecule has 0 radical (unpaired) electrons. The molecule has 11 heteroatoms. The third-order valence-electron chi connectivity index (χ3n) is 6.28. The number of carboxylic acid groups (broad SMARTS) is 1. The molecule has 2 N–H and O–H groups in total. The Morgan fingerprint density at radius 2 is 1.79 bits per heavy atom. The van der Waals surface area contributed by atoms with Crippen LogP contribution in [-0.4, -0.2) is 27.1 Å². The summed E-state index contributed by atoms with van der Waals surface area (Å²) >= 11 is 6.22. The molecule has 1 aliphatic carbocycles. The standard InChI is InChI=1S/C27H18ClN3O7/c1-14(15-6-2-4-8-17(15)28)35-26(34)30-21-16-7-3-5-9-18(16)36-19(21)10-11-20-29-22-23(37-20)31-24(38-22)27(12-13-27)25(32)33/h2-9,14H,12-13H2,1H3,(H,30,34)(H,32,33). The minimum atomic E-state index is -1.11. The van der Waals surface area contributed by atoms with Gasteiger partial charge in [0.25, 0.3) is 17.3 Å². The average Bonchev–Trinajstić information content (AvgIpc) is 3.32. The van der Waals surface area contributed by atoms with E-state index in [4.69, 9.17) is 29.6 Å². The fourth-order valence-corrected chi connectivity index (χ4v) is 4.36. The molecule has 1 aliphatic rings. The SMILES string of the molecule is CC(OC(=O)Nc1c(C#Cc2nc3oc(C4(C(=O)O)CC4)nc3o2)oc2ccccc12)c1ccccc1Cl. The van der Waals surface area contributed by atoms with E-state index in [9.17, 15) is 14.7 Å². The Labute approximate surface area is 219 Å². The van der Waals surface area contributed by atoms with Crippen molar-refractivity contribution in [1.29, 1.82) is 0 Å². The highest BCUT2D eigenvalue weighted by Gasteiger charge is 2.56. The number of ether oxygens (including phenoxy) is 1. The summed E-state index contributed by atoms with van der Waals surface area (Å²) in [4.78, 5) is 32.6. The molecular formula is C27H18ClN3O7. The first-order valence-electron chi connectivity index (χ1n) is 11.6. The number of carbonyl (C=O) groups is 2. The highest BCUT2D eigenvalue weighted by molar-refractivity contribution is 6.31. The number of nitrogens with zero attached hydrogens (tertiary/aromatic N) is 2. The quantitative estimate of drug-likeness (QED) is 0.259. The molecule has 1 fully saturated rings. The number of aliphatic carboxylic acids is 1. The van der Waals surface area contributed by atoms with Gasteiger partial charge in [-0.2, -0.15) is 9.97 Å². The summed E-state index contributed by atoms with van der Waals surface area (Å²) in [5.41, 5.74) is 0.484. The van der Waals surface area contributed by atoms with Gasteiger partial charge in [0.1, 0.15) is 22.8 Å². The number of hydrogen-bond donors (Lipinski definition) is 2. The van der Waals surface area contributed by atoms with Crippen LogP contribution in [0, 0.1) is 11.8 Å². The van der Waals surface area contributed by atoms with Crippen molar-refractivity contribution < 1.29 is 32.7 Å². The predicted octanol–water partition coefficient (Wildman–Crippen LogP) is 6.04. The Bertz CT molecular complexity index is 1750. The van der Waals surface area contributed by atoms with E-state index in [0.29, 0.717) is 40.1 Å². The number of fused-ring (bicyclic) bond motifs is 2. The van der Waals surface area contributed by atoms with Crippen molar-refractivity contribution in [3.05, 3.63) is 76.7 Å². The Morgan fingerprint density at radius 3 is 2.53 bits per heavy atom. The highest BCUT2D eigenvalue weighted by atomic mass is 35.5. The largest absolute Gasteiger partial charge is 0.480 e. The molecular weight excluding hydrogens is 514 g/mol. The zero-order valence-corrected chi connectivity index (χ0v) is 20.5. The van der Waals surface area contributed by atoms with E-state index >= 15 is 0 Å². The number of carboxylic acids is 1. The van der Waals surface area contributed by atoms with Crippen LogP contribution in [0.1, 0.15) is 49.0 Å². The van der Waals surface area contributed by atoms with Crippen molar-refractivity contribution in [2.45, 2.75) is 31.3 Å². The molecule has 1 atom stereocenters. The highest BCUT2D eigenvalue weighted by Crippen LogP contribution is 2.48. The van der Waals surface area contributed by atoms with Crippen LogP contribution in [0.25, 0.3) is 22.4 Å². The minimum absolute atomic E-state index is 0.0145. The summed E-state index contributed by atoms with van der Waals surface area (Å²) < 4.78 is 22.4. The zero-order valence-electron chi connectivity index (χ0n) is 19.8. The van der Waals surface area contributed by atoms with Crippen LogP contribution in [0.15, 0.2) is 61.8 Å². The monoisotopic (exact) mass is 531 g/mol. The molecule has 5 aromatic rings. The summed E-state index contributed by atoms with van der Waals surface area (Å²) in [5.74, 6) is 4.76. The van der Waals surface area contributed by atoms with Gasteiger partial charge in [-0.25, -0.2) is 4.79 Å². The lowest BCUT2D eigenvalue weighted by atomic mass is 10.1. The summed E-state index contributed by atoms with van der Waals surface area (Å²) in [5, 5.41) is 13.2. The number of furan rings is 1. The molecule has 1 unspecified atom stereocenters. The number of para-hydroxylation sites is 1. The maximum atomic E-state index is 12.8. The first-order chi connectivity index (χ1) is 18.3. The van der Waals surface area contributed by atoms with E-state index in [1.165, 1.54) is 0 Å². The predicted molar refractivity (Wildman–Crippen MR) is 135 cm³/mol. The third-order valence-corrected chi connectivity index (χ3v) is 6.62. The van der Waals surface area contributed by atoms with Crippen molar-refractivity contribution in [3.8, 4) is 11.8 Å². The van der Waals surface area contributed by atoms with Gasteiger partial charge in [0.15, 0.2) is 0 Å². The molecule has 10 nitrogen and oxygen atoms in total. The van der Waals surface area contributed by atoms with E-state index in [2.05, 4.69) is 27.1 Å². The first-order valence-corrected chi connectivity index (χ1v) is 12.0. The number of benzene rings is 2. The molecule has 1 saturated carbocycles. The van der Waals surface area contributed by atoms with Crippen molar-refractivity contribution in [2.24, 2.45) is 0 Å². The number of aromatic nitrogens is 2. The van der Waals surface area contributed by atoms with Crippen LogP contribution in [0.4, 0.5) is 10.5 Å². The van der Waals surface area contributed by atoms with Crippen LogP contribution in [0.5, 0.6) is 0 Å². The fraction of sp³-hybridized carbons (Fsp3) is 0.185. The second kappa shape index (κ2) is 8.97. The number of nitrogens with one attached hydrogen (secondary N) is 1. The molecule has 1 amide bonds. The third kappa shape index (κ3) is 4.13. The maximum Gasteiger partial charge on any atom is 0.412 e. The van der Waals surface area contributed by atoms with Gasteiger partial charge in [0.05, 0.1) is 0 Å². The smallest absolute Gasteiger partial charge is 0.412 e. The van der Waals surface area contributed by atoms with Crippen molar-refractivity contribution >= 4 is 51.7 Å². The van der Waals surface area contributed by atoms with Gasteiger partial charge in [-0.3, -0.25) is 10.1 Å². The molecule has 0 saturated heterocycles. The van der Waals surface area contributed by atoms with Crippen molar-refractivity contribution in [3.63, 3.8) is 0 Å². The van der Waals surface area contributed by atoms with E-state index in [0.717, 1.165) is 0 Å². The van der Waals surface area contributed by atoms with Gasteiger partial charge in [-0.15, -0.1) is 0 Å². The van der Waals surface area contributed by atoms with Crippen LogP contribution in [-0.2, 0) is 14.9 Å². The molecule has 2 aromatic carbocycles. The van der Waals surface area contributed by atoms with E-state index in [1.807, 2.05) is 6.07 Å². The molecule has 6 rings (SSSR count). The first kappa shape index (κ1) is 23.6. The number of halogens is 1. The summed E-state index contributed by atoms with van der Waals surface area (Å²) in [6.45, 7) is 1.72.